The van der Waals surface area contributed by atoms with Gasteiger partial charge in [-0.2, -0.15) is 4.31 Å². The Morgan fingerprint density at radius 1 is 1.26 bits per heavy atom. The van der Waals surface area contributed by atoms with Crippen molar-refractivity contribution in [1.82, 2.24) is 9.62 Å². The number of nitrogens with one attached hydrogen (secondary N) is 1. The lowest BCUT2D eigenvalue weighted by Gasteiger charge is -2.25. The highest BCUT2D eigenvalue weighted by Crippen LogP contribution is 2.25. The van der Waals surface area contributed by atoms with Crippen LogP contribution in [0, 0.1) is 0 Å². The zero-order chi connectivity index (χ0) is 16.3. The Morgan fingerprint density at radius 2 is 2.04 bits per heavy atom. The maximum absolute atomic E-state index is 12.5. The fraction of sp³-hybridized carbons (Fsp3) is 0.357. The van der Waals surface area contributed by atoms with Crippen molar-refractivity contribution in [1.29, 1.82) is 0 Å². The van der Waals surface area contributed by atoms with Gasteiger partial charge in [0.15, 0.2) is 0 Å². The minimum Gasteiger partial charge on any atom is -0.472 e. The minimum atomic E-state index is -3.48. The number of thiophene rings is 1. The van der Waals surface area contributed by atoms with Gasteiger partial charge >= 0.3 is 0 Å². The summed E-state index contributed by atoms with van der Waals surface area (Å²) in [4.78, 5) is 12.6. The predicted octanol–water partition coefficient (Wildman–Crippen LogP) is 1.29. The molecule has 1 amide bonds. The van der Waals surface area contributed by atoms with Crippen molar-refractivity contribution in [2.24, 2.45) is 0 Å². The van der Waals surface area contributed by atoms with E-state index in [1.54, 1.807) is 18.2 Å². The summed E-state index contributed by atoms with van der Waals surface area (Å²) in [5.74, 6) is -0.260. The Hall–Kier alpha value is -1.68. The Balaban J connectivity index is 1.64. The van der Waals surface area contributed by atoms with E-state index in [4.69, 9.17) is 9.15 Å². The van der Waals surface area contributed by atoms with Crippen molar-refractivity contribution in [2.75, 3.05) is 26.3 Å². The Morgan fingerprint density at radius 3 is 2.74 bits per heavy atom. The fourth-order valence-electron chi connectivity index (χ4n) is 2.17. The Labute approximate surface area is 137 Å². The van der Waals surface area contributed by atoms with Gasteiger partial charge in [-0.3, -0.25) is 4.79 Å². The second-order valence-corrected chi connectivity index (χ2v) is 8.27. The summed E-state index contributed by atoms with van der Waals surface area (Å²) in [5.41, 5.74) is 0.433. The second kappa shape index (κ2) is 6.83. The molecule has 1 N–H and O–H groups in total. The van der Waals surface area contributed by atoms with E-state index in [0.717, 1.165) is 16.2 Å². The van der Waals surface area contributed by atoms with E-state index in [1.165, 1.54) is 16.8 Å². The topological polar surface area (TPSA) is 88.9 Å². The maximum Gasteiger partial charge on any atom is 0.254 e. The molecule has 1 saturated heterocycles. The van der Waals surface area contributed by atoms with Crippen LogP contribution >= 0.6 is 11.3 Å². The Kier molecular flexibility index (Phi) is 4.81. The van der Waals surface area contributed by atoms with Crippen molar-refractivity contribution >= 4 is 27.3 Å². The van der Waals surface area contributed by atoms with Crippen molar-refractivity contribution < 1.29 is 22.4 Å². The largest absolute Gasteiger partial charge is 0.472 e. The van der Waals surface area contributed by atoms with Gasteiger partial charge < -0.3 is 14.5 Å². The van der Waals surface area contributed by atoms with Crippen LogP contribution in [0.15, 0.2) is 39.4 Å². The zero-order valence-electron chi connectivity index (χ0n) is 12.2. The smallest absolute Gasteiger partial charge is 0.254 e. The molecule has 2 aromatic rings. The zero-order valence-corrected chi connectivity index (χ0v) is 13.9. The monoisotopic (exact) mass is 356 g/mol. The van der Waals surface area contributed by atoms with Crippen molar-refractivity contribution in [3.8, 4) is 0 Å². The van der Waals surface area contributed by atoms with Gasteiger partial charge in [0.2, 0.25) is 0 Å². The number of furan rings is 1. The van der Waals surface area contributed by atoms with Crippen LogP contribution in [0.5, 0.6) is 0 Å². The molecule has 2 aromatic heterocycles. The molecule has 0 bridgehead atoms. The van der Waals surface area contributed by atoms with E-state index >= 15 is 0 Å². The summed E-state index contributed by atoms with van der Waals surface area (Å²) >= 11 is 1.16. The summed E-state index contributed by atoms with van der Waals surface area (Å²) in [6.45, 7) is 1.84. The summed E-state index contributed by atoms with van der Waals surface area (Å²) in [6, 6.07) is 4.86. The molecule has 0 unspecified atom stereocenters. The highest BCUT2D eigenvalue weighted by atomic mass is 32.2. The molecule has 0 atom stereocenters. The van der Waals surface area contributed by atoms with Gasteiger partial charge in [0.25, 0.3) is 15.9 Å². The van der Waals surface area contributed by atoms with Gasteiger partial charge in [-0.1, -0.05) is 0 Å². The van der Waals surface area contributed by atoms with Crippen molar-refractivity contribution in [3.05, 3.63) is 41.2 Å². The first-order valence-electron chi connectivity index (χ1n) is 7.04. The molecular formula is C14H16N2O5S2. The lowest BCUT2D eigenvalue weighted by Crippen LogP contribution is -2.40. The van der Waals surface area contributed by atoms with Crippen LogP contribution in [-0.4, -0.2) is 44.9 Å². The quantitative estimate of drug-likeness (QED) is 0.872. The molecule has 0 spiro atoms. The molecule has 3 heterocycles. The number of rotatable bonds is 5. The molecule has 1 aliphatic rings. The second-order valence-electron chi connectivity index (χ2n) is 4.93. The first-order chi connectivity index (χ1) is 11.1. The number of sulfonamides is 1. The number of hydrogen-bond donors (Lipinski definition) is 1. The van der Waals surface area contributed by atoms with E-state index < -0.39 is 10.0 Å². The predicted molar refractivity (Wildman–Crippen MR) is 83.8 cm³/mol. The van der Waals surface area contributed by atoms with Crippen molar-refractivity contribution in [3.63, 3.8) is 0 Å². The Bertz CT molecular complexity index is 761. The molecule has 0 saturated carbocycles. The number of amides is 1. The average Bonchev–Trinajstić information content (AvgIpc) is 3.25. The third kappa shape index (κ3) is 3.63. The van der Waals surface area contributed by atoms with Gasteiger partial charge in [-0.05, 0) is 18.2 Å². The standard InChI is InChI=1S/C14H16N2O5S2/c17-14(11-3-6-21-10-11)15-9-12-1-2-13(22-12)23(18,19)16-4-7-20-8-5-16/h1-3,6,10H,4-5,7-9H2,(H,15,17). The van der Waals surface area contributed by atoms with E-state index in [-0.39, 0.29) is 16.7 Å². The number of morpholine rings is 1. The first kappa shape index (κ1) is 16.2. The molecule has 0 radical (unpaired) electrons. The summed E-state index contributed by atoms with van der Waals surface area (Å²) in [6.07, 6.45) is 2.78. The number of nitrogens with zero attached hydrogens (tertiary/aromatic N) is 1. The number of carbonyl (C=O) groups excluding carboxylic acids is 1. The van der Waals surface area contributed by atoms with E-state index in [2.05, 4.69) is 5.32 Å². The average molecular weight is 356 g/mol. The van der Waals surface area contributed by atoms with Crippen LogP contribution in [-0.2, 0) is 21.3 Å². The van der Waals surface area contributed by atoms with Crippen LogP contribution in [0.4, 0.5) is 0 Å². The molecule has 3 rings (SSSR count). The maximum atomic E-state index is 12.5. The lowest BCUT2D eigenvalue weighted by molar-refractivity contribution is 0.0731. The molecule has 1 fully saturated rings. The highest BCUT2D eigenvalue weighted by Gasteiger charge is 2.27. The van der Waals surface area contributed by atoms with Gasteiger partial charge in [0.05, 0.1) is 31.6 Å². The number of hydrogen-bond acceptors (Lipinski definition) is 6. The van der Waals surface area contributed by atoms with Crippen LogP contribution in [0.2, 0.25) is 0 Å². The van der Waals surface area contributed by atoms with Crippen molar-refractivity contribution in [2.45, 2.75) is 10.8 Å². The molecule has 0 aromatic carbocycles. The summed E-state index contributed by atoms with van der Waals surface area (Å²) < 4.78 is 36.8. The SMILES string of the molecule is O=C(NCc1ccc(S(=O)(=O)N2CCOCC2)s1)c1ccoc1. The van der Waals surface area contributed by atoms with E-state index in [9.17, 15) is 13.2 Å². The molecule has 23 heavy (non-hydrogen) atoms. The van der Waals surface area contributed by atoms with Gasteiger partial charge in [0.1, 0.15) is 10.5 Å². The summed E-state index contributed by atoms with van der Waals surface area (Å²) in [5, 5.41) is 2.73. The third-order valence-corrected chi connectivity index (χ3v) is 6.86. The van der Waals surface area contributed by atoms with Crippen LogP contribution < -0.4 is 5.32 Å². The molecular weight excluding hydrogens is 340 g/mol. The molecule has 124 valence electrons. The van der Waals surface area contributed by atoms with Gasteiger partial charge in [0, 0.05) is 18.0 Å². The van der Waals surface area contributed by atoms with Crippen LogP contribution in [0.1, 0.15) is 15.2 Å². The molecule has 7 nitrogen and oxygen atoms in total. The molecule has 0 aliphatic carbocycles. The summed E-state index contributed by atoms with van der Waals surface area (Å²) in [7, 11) is -3.48. The van der Waals surface area contributed by atoms with Gasteiger partial charge in [-0.15, -0.1) is 11.3 Å². The first-order valence-corrected chi connectivity index (χ1v) is 9.30. The number of ether oxygens (including phenoxy) is 1. The van der Waals surface area contributed by atoms with Gasteiger partial charge in [-0.25, -0.2) is 8.42 Å². The minimum absolute atomic E-state index is 0.260. The number of carbonyl (C=O) groups is 1. The molecule has 9 heteroatoms. The van der Waals surface area contributed by atoms with Crippen LogP contribution in [0.25, 0.3) is 0 Å². The van der Waals surface area contributed by atoms with Crippen LogP contribution in [0.3, 0.4) is 0 Å². The fourth-order valence-corrected chi connectivity index (χ4v) is 5.03. The third-order valence-electron chi connectivity index (χ3n) is 3.41. The van der Waals surface area contributed by atoms with E-state index in [1.807, 2.05) is 0 Å². The normalized spacial score (nSPS) is 16.3. The molecule has 1 aliphatic heterocycles. The highest BCUT2D eigenvalue weighted by molar-refractivity contribution is 7.91. The van der Waals surface area contributed by atoms with E-state index in [0.29, 0.717) is 31.9 Å². The lowest BCUT2D eigenvalue weighted by atomic mass is 10.3.